The van der Waals surface area contributed by atoms with E-state index in [4.69, 9.17) is 0 Å². The molecule has 17 heavy (non-hydrogen) atoms. The molecular formula is C13H23F2NO. The van der Waals surface area contributed by atoms with Crippen LogP contribution in [-0.2, 0) is 4.79 Å². The first kappa shape index (κ1) is 14.6. The molecule has 2 unspecified atom stereocenters. The van der Waals surface area contributed by atoms with Crippen molar-refractivity contribution in [1.82, 2.24) is 4.90 Å². The van der Waals surface area contributed by atoms with E-state index in [2.05, 4.69) is 13.8 Å². The highest BCUT2D eigenvalue weighted by atomic mass is 19.3. The average Bonchev–Trinajstić information content (AvgIpc) is 2.19. The van der Waals surface area contributed by atoms with Crippen LogP contribution in [0.1, 0.15) is 33.1 Å². The predicted octanol–water partition coefficient (Wildman–Crippen LogP) is 2.82. The second kappa shape index (κ2) is 6.43. The van der Waals surface area contributed by atoms with Gasteiger partial charge in [0.25, 0.3) is 6.43 Å². The Morgan fingerprint density at radius 1 is 1.41 bits per heavy atom. The van der Waals surface area contributed by atoms with Crippen LogP contribution in [-0.4, -0.2) is 37.2 Å². The van der Waals surface area contributed by atoms with Gasteiger partial charge in [0.15, 0.2) is 0 Å². The molecule has 0 N–H and O–H groups in total. The van der Waals surface area contributed by atoms with Crippen LogP contribution in [0, 0.1) is 17.8 Å². The SMILES string of the molecule is CC(C)C1CCC(=O)C(CN(C)CC(F)F)C1. The van der Waals surface area contributed by atoms with E-state index in [1.807, 2.05) is 0 Å². The van der Waals surface area contributed by atoms with Crippen molar-refractivity contribution >= 4 is 5.78 Å². The van der Waals surface area contributed by atoms with Crippen molar-refractivity contribution in [2.24, 2.45) is 17.8 Å². The fourth-order valence-electron chi connectivity index (χ4n) is 2.61. The van der Waals surface area contributed by atoms with Gasteiger partial charge in [0, 0.05) is 18.9 Å². The maximum absolute atomic E-state index is 12.2. The fourth-order valence-corrected chi connectivity index (χ4v) is 2.61. The molecule has 1 fully saturated rings. The zero-order chi connectivity index (χ0) is 13.0. The number of carbonyl (C=O) groups is 1. The number of rotatable bonds is 5. The van der Waals surface area contributed by atoms with Crippen LogP contribution in [0.5, 0.6) is 0 Å². The van der Waals surface area contributed by atoms with Gasteiger partial charge in [-0.2, -0.15) is 0 Å². The first-order valence-corrected chi connectivity index (χ1v) is 6.39. The lowest BCUT2D eigenvalue weighted by Crippen LogP contribution is -2.37. The highest BCUT2D eigenvalue weighted by molar-refractivity contribution is 5.81. The molecule has 0 aromatic heterocycles. The molecule has 0 aromatic carbocycles. The smallest absolute Gasteiger partial charge is 0.251 e. The van der Waals surface area contributed by atoms with Gasteiger partial charge in [0.2, 0.25) is 0 Å². The van der Waals surface area contributed by atoms with E-state index in [1.54, 1.807) is 11.9 Å². The summed E-state index contributed by atoms with van der Waals surface area (Å²) in [5.41, 5.74) is 0. The summed E-state index contributed by atoms with van der Waals surface area (Å²) >= 11 is 0. The van der Waals surface area contributed by atoms with Gasteiger partial charge < -0.3 is 4.90 Å². The minimum atomic E-state index is -2.32. The Kier molecular flexibility index (Phi) is 5.50. The van der Waals surface area contributed by atoms with Gasteiger partial charge in [-0.15, -0.1) is 0 Å². The minimum absolute atomic E-state index is 0.0418. The molecule has 1 aliphatic rings. The minimum Gasteiger partial charge on any atom is -0.300 e. The molecule has 1 saturated carbocycles. The molecule has 4 heteroatoms. The Morgan fingerprint density at radius 2 is 2.06 bits per heavy atom. The van der Waals surface area contributed by atoms with E-state index in [-0.39, 0.29) is 18.2 Å². The lowest BCUT2D eigenvalue weighted by Gasteiger charge is -2.32. The maximum Gasteiger partial charge on any atom is 0.251 e. The fraction of sp³-hybridized carbons (Fsp3) is 0.923. The number of hydrogen-bond donors (Lipinski definition) is 0. The van der Waals surface area contributed by atoms with E-state index in [1.165, 1.54) is 0 Å². The molecule has 0 radical (unpaired) electrons. The first-order chi connectivity index (χ1) is 7.90. The lowest BCUT2D eigenvalue weighted by molar-refractivity contribution is -0.126. The van der Waals surface area contributed by atoms with Gasteiger partial charge >= 0.3 is 0 Å². The Hall–Kier alpha value is -0.510. The van der Waals surface area contributed by atoms with E-state index in [0.29, 0.717) is 24.8 Å². The topological polar surface area (TPSA) is 20.3 Å². The molecular weight excluding hydrogens is 224 g/mol. The van der Waals surface area contributed by atoms with E-state index >= 15 is 0 Å². The van der Waals surface area contributed by atoms with Crippen molar-refractivity contribution in [3.05, 3.63) is 0 Å². The molecule has 0 heterocycles. The summed E-state index contributed by atoms with van der Waals surface area (Å²) in [6.07, 6.45) is 0.130. The quantitative estimate of drug-likeness (QED) is 0.744. The van der Waals surface area contributed by atoms with Crippen molar-refractivity contribution in [2.45, 2.75) is 39.5 Å². The molecule has 1 aliphatic carbocycles. The Morgan fingerprint density at radius 3 is 2.59 bits per heavy atom. The summed E-state index contributed by atoms with van der Waals surface area (Å²) in [7, 11) is 1.67. The van der Waals surface area contributed by atoms with E-state index < -0.39 is 6.43 Å². The summed E-state index contributed by atoms with van der Waals surface area (Å²) in [5.74, 6) is 1.35. The summed E-state index contributed by atoms with van der Waals surface area (Å²) in [4.78, 5) is 13.3. The number of nitrogens with zero attached hydrogens (tertiary/aromatic N) is 1. The van der Waals surface area contributed by atoms with E-state index in [9.17, 15) is 13.6 Å². The van der Waals surface area contributed by atoms with Crippen LogP contribution in [0.2, 0.25) is 0 Å². The molecule has 2 atom stereocenters. The molecule has 0 spiro atoms. The van der Waals surface area contributed by atoms with Crippen molar-refractivity contribution in [1.29, 1.82) is 0 Å². The molecule has 0 saturated heterocycles. The third kappa shape index (κ3) is 4.70. The second-order valence-electron chi connectivity index (χ2n) is 5.55. The molecule has 0 bridgehead atoms. The second-order valence-corrected chi connectivity index (χ2v) is 5.55. The average molecular weight is 247 g/mol. The standard InChI is InChI=1S/C13H23F2NO/c1-9(2)10-4-5-12(17)11(6-10)7-16(3)8-13(14)15/h9-11,13H,4-8H2,1-3H3. The van der Waals surface area contributed by atoms with Crippen molar-refractivity contribution in [3.63, 3.8) is 0 Å². The van der Waals surface area contributed by atoms with Gasteiger partial charge in [-0.25, -0.2) is 8.78 Å². The van der Waals surface area contributed by atoms with Crippen molar-refractivity contribution in [2.75, 3.05) is 20.1 Å². The van der Waals surface area contributed by atoms with Gasteiger partial charge in [-0.1, -0.05) is 13.8 Å². The highest BCUT2D eigenvalue weighted by Gasteiger charge is 2.31. The Balaban J connectivity index is 2.47. The molecule has 100 valence electrons. The summed E-state index contributed by atoms with van der Waals surface area (Å²) in [6, 6.07) is 0. The number of ketones is 1. The Labute approximate surface area is 102 Å². The van der Waals surface area contributed by atoms with E-state index in [0.717, 1.165) is 12.8 Å². The van der Waals surface area contributed by atoms with Crippen molar-refractivity contribution in [3.8, 4) is 0 Å². The largest absolute Gasteiger partial charge is 0.300 e. The van der Waals surface area contributed by atoms with Crippen LogP contribution in [0.3, 0.4) is 0 Å². The molecule has 0 aliphatic heterocycles. The van der Waals surface area contributed by atoms with Gasteiger partial charge in [0.05, 0.1) is 6.54 Å². The number of carbonyl (C=O) groups excluding carboxylic acids is 1. The van der Waals surface area contributed by atoms with Crippen LogP contribution < -0.4 is 0 Å². The summed E-state index contributed by atoms with van der Waals surface area (Å²) < 4.78 is 24.4. The number of halogens is 2. The normalized spacial score (nSPS) is 26.2. The van der Waals surface area contributed by atoms with Gasteiger partial charge in [0.1, 0.15) is 5.78 Å². The zero-order valence-electron chi connectivity index (χ0n) is 11.0. The third-order valence-electron chi connectivity index (χ3n) is 3.73. The maximum atomic E-state index is 12.2. The molecule has 1 rings (SSSR count). The Bertz CT molecular complexity index is 256. The number of hydrogen-bond acceptors (Lipinski definition) is 2. The molecule has 2 nitrogen and oxygen atoms in total. The molecule has 0 aromatic rings. The number of Topliss-reactive ketones (excluding diaryl/α,β-unsaturated/α-hetero) is 1. The predicted molar refractivity (Wildman–Crippen MR) is 64.2 cm³/mol. The monoisotopic (exact) mass is 247 g/mol. The van der Waals surface area contributed by atoms with Crippen molar-refractivity contribution < 1.29 is 13.6 Å². The van der Waals surface area contributed by atoms with Crippen LogP contribution >= 0.6 is 0 Å². The highest BCUT2D eigenvalue weighted by Crippen LogP contribution is 2.32. The van der Waals surface area contributed by atoms with Crippen LogP contribution in [0.4, 0.5) is 8.78 Å². The van der Waals surface area contributed by atoms with Crippen LogP contribution in [0.25, 0.3) is 0 Å². The summed E-state index contributed by atoms with van der Waals surface area (Å²) in [5, 5.41) is 0. The number of alkyl halides is 2. The first-order valence-electron chi connectivity index (χ1n) is 6.39. The lowest BCUT2D eigenvalue weighted by atomic mass is 9.75. The third-order valence-corrected chi connectivity index (χ3v) is 3.73. The zero-order valence-corrected chi connectivity index (χ0v) is 11.0. The van der Waals surface area contributed by atoms with Gasteiger partial charge in [-0.3, -0.25) is 4.79 Å². The van der Waals surface area contributed by atoms with Gasteiger partial charge in [-0.05, 0) is 31.7 Å². The molecule has 0 amide bonds. The summed E-state index contributed by atoms with van der Waals surface area (Å²) in [6.45, 7) is 4.57. The van der Waals surface area contributed by atoms with Crippen LogP contribution in [0.15, 0.2) is 0 Å².